The number of hydrogen-bond donors (Lipinski definition) is 1. The van der Waals surface area contributed by atoms with Gasteiger partial charge < -0.3 is 15.0 Å². The van der Waals surface area contributed by atoms with Crippen LogP contribution in [0.3, 0.4) is 0 Å². The fourth-order valence-electron chi connectivity index (χ4n) is 3.47. The van der Waals surface area contributed by atoms with Crippen molar-refractivity contribution in [3.8, 4) is 0 Å². The molecule has 1 unspecified atom stereocenters. The molecular formula is C23H29N3O3. The van der Waals surface area contributed by atoms with Gasteiger partial charge in [0.05, 0.1) is 6.04 Å². The number of hydrogen-bond acceptors (Lipinski definition) is 4. The molecule has 6 nitrogen and oxygen atoms in total. The van der Waals surface area contributed by atoms with E-state index in [0.29, 0.717) is 25.9 Å². The molecule has 1 aliphatic heterocycles. The van der Waals surface area contributed by atoms with Crippen LogP contribution in [0.5, 0.6) is 0 Å². The van der Waals surface area contributed by atoms with Crippen LogP contribution in [0, 0.1) is 5.92 Å². The Morgan fingerprint density at radius 2 is 1.62 bits per heavy atom. The van der Waals surface area contributed by atoms with E-state index in [-0.39, 0.29) is 24.0 Å². The first kappa shape index (κ1) is 20.8. The predicted octanol–water partition coefficient (Wildman–Crippen LogP) is 3.93. The molecule has 3 rings (SSSR count). The summed E-state index contributed by atoms with van der Waals surface area (Å²) >= 11 is 0. The molecule has 1 N–H and O–H groups in total. The average molecular weight is 396 g/mol. The van der Waals surface area contributed by atoms with Crippen molar-refractivity contribution < 1.29 is 14.3 Å². The predicted molar refractivity (Wildman–Crippen MR) is 111 cm³/mol. The van der Waals surface area contributed by atoms with Gasteiger partial charge in [0.25, 0.3) is 0 Å². The minimum absolute atomic E-state index is 0.0134. The maximum atomic E-state index is 13.0. The Kier molecular flexibility index (Phi) is 6.52. The minimum Gasteiger partial charge on any atom is -0.444 e. The van der Waals surface area contributed by atoms with Crippen LogP contribution in [0.1, 0.15) is 50.8 Å². The summed E-state index contributed by atoms with van der Waals surface area (Å²) in [6.45, 7) is 6.62. The highest BCUT2D eigenvalue weighted by atomic mass is 16.6. The number of nitrogens with zero attached hydrogens (tertiary/aromatic N) is 2. The third-order valence-electron chi connectivity index (χ3n) is 4.98. The molecule has 1 atom stereocenters. The van der Waals surface area contributed by atoms with Crippen molar-refractivity contribution in [3.63, 3.8) is 0 Å². The molecular weight excluding hydrogens is 366 g/mol. The average Bonchev–Trinajstić information content (AvgIpc) is 2.72. The second-order valence-electron chi connectivity index (χ2n) is 8.37. The number of pyridine rings is 1. The van der Waals surface area contributed by atoms with Gasteiger partial charge in [-0.1, -0.05) is 30.3 Å². The molecule has 2 heterocycles. The molecule has 0 bridgehead atoms. The third kappa shape index (κ3) is 5.79. The molecule has 0 spiro atoms. The number of nitrogens with one attached hydrogen (secondary N) is 1. The molecule has 0 radical (unpaired) electrons. The summed E-state index contributed by atoms with van der Waals surface area (Å²) in [7, 11) is 0. The summed E-state index contributed by atoms with van der Waals surface area (Å²) in [5.41, 5.74) is 1.50. The Balaban J connectivity index is 1.63. The maximum Gasteiger partial charge on any atom is 0.410 e. The summed E-state index contributed by atoms with van der Waals surface area (Å²) in [5.74, 6) is -0.110. The highest BCUT2D eigenvalue weighted by molar-refractivity contribution is 5.80. The quantitative estimate of drug-likeness (QED) is 0.851. The molecule has 29 heavy (non-hydrogen) atoms. The van der Waals surface area contributed by atoms with Gasteiger partial charge in [0.2, 0.25) is 5.91 Å². The molecule has 0 saturated carbocycles. The number of carbonyl (C=O) groups is 2. The Hall–Kier alpha value is -2.89. The Morgan fingerprint density at radius 3 is 2.21 bits per heavy atom. The van der Waals surface area contributed by atoms with Crippen molar-refractivity contribution in [2.24, 2.45) is 5.92 Å². The van der Waals surface area contributed by atoms with E-state index in [1.54, 1.807) is 17.3 Å². The van der Waals surface area contributed by atoms with Gasteiger partial charge in [-0.2, -0.15) is 0 Å². The number of aromatic nitrogens is 1. The van der Waals surface area contributed by atoms with Gasteiger partial charge in [-0.25, -0.2) is 4.79 Å². The van der Waals surface area contributed by atoms with Gasteiger partial charge >= 0.3 is 6.09 Å². The van der Waals surface area contributed by atoms with E-state index < -0.39 is 5.60 Å². The van der Waals surface area contributed by atoms with Crippen LogP contribution in [-0.4, -0.2) is 40.6 Å². The van der Waals surface area contributed by atoms with Crippen molar-refractivity contribution in [2.45, 2.75) is 45.3 Å². The highest BCUT2D eigenvalue weighted by Gasteiger charge is 2.31. The number of rotatable bonds is 4. The minimum atomic E-state index is -0.515. The van der Waals surface area contributed by atoms with Crippen LogP contribution in [0.4, 0.5) is 4.79 Å². The van der Waals surface area contributed by atoms with Gasteiger partial charge in [-0.3, -0.25) is 9.78 Å². The number of carbonyl (C=O) groups excluding carboxylic acids is 2. The molecule has 1 aromatic heterocycles. The van der Waals surface area contributed by atoms with Crippen LogP contribution in [0.25, 0.3) is 0 Å². The van der Waals surface area contributed by atoms with Crippen molar-refractivity contribution >= 4 is 12.0 Å². The Labute approximate surface area is 172 Å². The molecule has 6 heteroatoms. The summed E-state index contributed by atoms with van der Waals surface area (Å²) < 4.78 is 5.43. The first-order chi connectivity index (χ1) is 13.8. The number of benzene rings is 1. The van der Waals surface area contributed by atoms with E-state index in [1.165, 1.54) is 0 Å². The molecule has 1 saturated heterocycles. The van der Waals surface area contributed by atoms with Crippen molar-refractivity contribution in [1.29, 1.82) is 0 Å². The van der Waals surface area contributed by atoms with Crippen LogP contribution in [0.15, 0.2) is 54.9 Å². The van der Waals surface area contributed by atoms with Gasteiger partial charge in [-0.15, -0.1) is 0 Å². The monoisotopic (exact) mass is 395 g/mol. The lowest BCUT2D eigenvalue weighted by molar-refractivity contribution is -0.127. The number of piperidine rings is 1. The lowest BCUT2D eigenvalue weighted by atomic mass is 9.94. The lowest BCUT2D eigenvalue weighted by Crippen LogP contribution is -2.45. The molecule has 2 aromatic rings. The first-order valence-corrected chi connectivity index (χ1v) is 10.1. The zero-order valence-electron chi connectivity index (χ0n) is 17.3. The topological polar surface area (TPSA) is 71.5 Å². The largest absolute Gasteiger partial charge is 0.444 e. The van der Waals surface area contributed by atoms with E-state index >= 15 is 0 Å². The SMILES string of the molecule is CC(C)(C)OC(=O)N1CCC(C(=O)NC(c2ccccc2)c2ccncc2)CC1. The summed E-state index contributed by atoms with van der Waals surface area (Å²) in [6, 6.07) is 13.5. The molecule has 1 fully saturated rings. The van der Waals surface area contributed by atoms with E-state index in [9.17, 15) is 9.59 Å². The second kappa shape index (κ2) is 9.07. The van der Waals surface area contributed by atoms with Crippen LogP contribution >= 0.6 is 0 Å². The van der Waals surface area contributed by atoms with E-state index in [4.69, 9.17) is 4.74 Å². The molecule has 2 amide bonds. The molecule has 0 aliphatic carbocycles. The normalized spacial score (nSPS) is 16.2. The Bertz CT molecular complexity index is 771. The van der Waals surface area contributed by atoms with Gasteiger partial charge in [0.1, 0.15) is 5.60 Å². The number of likely N-dealkylation sites (tertiary alicyclic amines) is 1. The third-order valence-corrected chi connectivity index (χ3v) is 4.98. The number of ether oxygens (including phenoxy) is 1. The highest BCUT2D eigenvalue weighted by Crippen LogP contribution is 2.25. The molecule has 1 aromatic carbocycles. The fraction of sp³-hybridized carbons (Fsp3) is 0.435. The smallest absolute Gasteiger partial charge is 0.410 e. The van der Waals surface area contributed by atoms with Crippen LogP contribution < -0.4 is 5.32 Å². The van der Waals surface area contributed by atoms with Crippen molar-refractivity contribution in [3.05, 3.63) is 66.0 Å². The summed E-state index contributed by atoms with van der Waals surface area (Å²) in [4.78, 5) is 31.0. The van der Waals surface area contributed by atoms with Crippen LogP contribution in [0.2, 0.25) is 0 Å². The zero-order valence-corrected chi connectivity index (χ0v) is 17.3. The standard InChI is InChI=1S/C23H29N3O3/c1-23(2,3)29-22(28)26-15-11-19(12-16-26)21(27)25-20(17-7-5-4-6-8-17)18-9-13-24-14-10-18/h4-10,13-14,19-20H,11-12,15-16H2,1-3H3,(H,25,27). The second-order valence-corrected chi connectivity index (χ2v) is 8.37. The molecule has 1 aliphatic rings. The van der Waals surface area contributed by atoms with Gasteiger partial charge in [0.15, 0.2) is 0 Å². The Morgan fingerprint density at radius 1 is 1.03 bits per heavy atom. The number of amides is 2. The molecule has 154 valence electrons. The van der Waals surface area contributed by atoms with Gasteiger partial charge in [0, 0.05) is 31.4 Å². The first-order valence-electron chi connectivity index (χ1n) is 10.1. The van der Waals surface area contributed by atoms with Crippen molar-refractivity contribution in [2.75, 3.05) is 13.1 Å². The summed E-state index contributed by atoms with van der Waals surface area (Å²) in [5, 5.41) is 3.20. The van der Waals surface area contributed by atoms with E-state index in [0.717, 1.165) is 11.1 Å². The fourth-order valence-corrected chi connectivity index (χ4v) is 3.47. The van der Waals surface area contributed by atoms with E-state index in [2.05, 4.69) is 10.3 Å². The van der Waals surface area contributed by atoms with Crippen LogP contribution in [-0.2, 0) is 9.53 Å². The maximum absolute atomic E-state index is 13.0. The summed E-state index contributed by atoms with van der Waals surface area (Å²) in [6.07, 6.45) is 4.41. The van der Waals surface area contributed by atoms with E-state index in [1.807, 2.05) is 63.2 Å². The van der Waals surface area contributed by atoms with Crippen molar-refractivity contribution in [1.82, 2.24) is 15.2 Å². The lowest BCUT2D eigenvalue weighted by Gasteiger charge is -2.33. The zero-order chi connectivity index (χ0) is 20.9. The van der Waals surface area contributed by atoms with Gasteiger partial charge in [-0.05, 0) is 56.9 Å².